The number of aromatic nitrogens is 2. The molecule has 1 aromatic heterocycles. The van der Waals surface area contributed by atoms with Gasteiger partial charge < -0.3 is 10.2 Å². The van der Waals surface area contributed by atoms with Crippen LogP contribution in [0.15, 0.2) is 34.9 Å². The van der Waals surface area contributed by atoms with Gasteiger partial charge in [0.2, 0.25) is 5.95 Å². The van der Waals surface area contributed by atoms with E-state index < -0.39 is 0 Å². The van der Waals surface area contributed by atoms with Crippen molar-refractivity contribution in [3.05, 3.63) is 40.5 Å². The van der Waals surface area contributed by atoms with Gasteiger partial charge in [-0.3, -0.25) is 0 Å². The Hall–Kier alpha value is -1.46. The van der Waals surface area contributed by atoms with Crippen LogP contribution in [0.2, 0.25) is 0 Å². The Morgan fingerprint density at radius 3 is 2.55 bits per heavy atom. The number of rotatable bonds is 2. The first kappa shape index (κ1) is 13.5. The summed E-state index contributed by atoms with van der Waals surface area (Å²) in [6.45, 7) is 5.96. The molecule has 1 aliphatic heterocycles. The lowest BCUT2D eigenvalue weighted by Crippen LogP contribution is -2.44. The smallest absolute Gasteiger partial charge is 0.225 e. The highest BCUT2D eigenvalue weighted by atomic mass is 79.9. The molecule has 1 N–H and O–H groups in total. The summed E-state index contributed by atoms with van der Waals surface area (Å²) >= 11 is 3.47. The molecule has 1 aliphatic rings. The average molecular weight is 333 g/mol. The van der Waals surface area contributed by atoms with E-state index in [1.54, 1.807) is 0 Å². The SMILES string of the molecule is Cc1cnc(N2CCNCC2)nc1-c1ccc(Br)cc1. The molecular weight excluding hydrogens is 316 g/mol. The fraction of sp³-hybridized carbons (Fsp3) is 0.333. The monoisotopic (exact) mass is 332 g/mol. The summed E-state index contributed by atoms with van der Waals surface area (Å²) in [5.74, 6) is 0.829. The second kappa shape index (κ2) is 5.89. The largest absolute Gasteiger partial charge is 0.338 e. The van der Waals surface area contributed by atoms with E-state index in [4.69, 9.17) is 4.98 Å². The van der Waals surface area contributed by atoms with Crippen LogP contribution in [0, 0.1) is 6.92 Å². The van der Waals surface area contributed by atoms with Gasteiger partial charge >= 0.3 is 0 Å². The minimum absolute atomic E-state index is 0.829. The molecule has 2 heterocycles. The molecule has 3 rings (SSSR count). The molecule has 0 unspecified atom stereocenters. The number of nitrogens with one attached hydrogen (secondary N) is 1. The Labute approximate surface area is 127 Å². The van der Waals surface area contributed by atoms with Crippen molar-refractivity contribution in [1.29, 1.82) is 0 Å². The van der Waals surface area contributed by atoms with E-state index in [0.29, 0.717) is 0 Å². The highest BCUT2D eigenvalue weighted by molar-refractivity contribution is 9.10. The van der Waals surface area contributed by atoms with Gasteiger partial charge in [0.25, 0.3) is 0 Å². The second-order valence-corrected chi connectivity index (χ2v) is 5.86. The molecule has 0 saturated carbocycles. The number of hydrogen-bond acceptors (Lipinski definition) is 4. The molecule has 0 amide bonds. The van der Waals surface area contributed by atoms with Crippen molar-refractivity contribution in [2.24, 2.45) is 0 Å². The van der Waals surface area contributed by atoms with Crippen molar-refractivity contribution in [3.63, 3.8) is 0 Å². The Kier molecular flexibility index (Phi) is 3.98. The number of benzene rings is 1. The molecular formula is C15H17BrN4. The van der Waals surface area contributed by atoms with Crippen molar-refractivity contribution < 1.29 is 0 Å². The van der Waals surface area contributed by atoms with E-state index in [-0.39, 0.29) is 0 Å². The van der Waals surface area contributed by atoms with E-state index in [1.165, 1.54) is 0 Å². The minimum Gasteiger partial charge on any atom is -0.338 e. The second-order valence-electron chi connectivity index (χ2n) is 4.95. The maximum atomic E-state index is 4.77. The highest BCUT2D eigenvalue weighted by Crippen LogP contribution is 2.24. The maximum Gasteiger partial charge on any atom is 0.225 e. The molecule has 0 atom stereocenters. The maximum absolute atomic E-state index is 4.77. The van der Waals surface area contributed by atoms with Gasteiger partial charge in [-0.05, 0) is 24.6 Å². The zero-order valence-electron chi connectivity index (χ0n) is 11.4. The quantitative estimate of drug-likeness (QED) is 0.917. The van der Waals surface area contributed by atoms with Gasteiger partial charge in [0.15, 0.2) is 0 Å². The van der Waals surface area contributed by atoms with Crippen LogP contribution in [-0.4, -0.2) is 36.1 Å². The molecule has 0 spiro atoms. The molecule has 1 aromatic carbocycles. The lowest BCUT2D eigenvalue weighted by atomic mass is 10.1. The first-order valence-corrected chi connectivity index (χ1v) is 7.58. The normalized spacial score (nSPS) is 15.4. The van der Waals surface area contributed by atoms with Crippen LogP contribution in [0.1, 0.15) is 5.56 Å². The van der Waals surface area contributed by atoms with Gasteiger partial charge in [-0.1, -0.05) is 28.1 Å². The third-order valence-corrected chi connectivity index (χ3v) is 4.01. The summed E-state index contributed by atoms with van der Waals surface area (Å²) in [6.07, 6.45) is 1.92. The summed E-state index contributed by atoms with van der Waals surface area (Å²) in [5, 5.41) is 3.35. The van der Waals surface area contributed by atoms with Crippen LogP contribution in [-0.2, 0) is 0 Å². The topological polar surface area (TPSA) is 41.1 Å². The lowest BCUT2D eigenvalue weighted by Gasteiger charge is -2.27. The van der Waals surface area contributed by atoms with Gasteiger partial charge in [0.05, 0.1) is 5.69 Å². The number of aryl methyl sites for hydroxylation is 1. The van der Waals surface area contributed by atoms with Crippen LogP contribution in [0.25, 0.3) is 11.3 Å². The van der Waals surface area contributed by atoms with Gasteiger partial charge in [-0.15, -0.1) is 0 Å². The van der Waals surface area contributed by atoms with Gasteiger partial charge in [0.1, 0.15) is 0 Å². The van der Waals surface area contributed by atoms with Gasteiger partial charge in [-0.2, -0.15) is 0 Å². The summed E-state index contributed by atoms with van der Waals surface area (Å²) in [6, 6.07) is 8.25. The first-order chi connectivity index (χ1) is 9.74. The fourth-order valence-electron chi connectivity index (χ4n) is 2.35. The zero-order chi connectivity index (χ0) is 13.9. The Bertz CT molecular complexity index is 591. The molecule has 2 aromatic rings. The minimum atomic E-state index is 0.829. The predicted octanol–water partition coefficient (Wildman–Crippen LogP) is 2.62. The zero-order valence-corrected chi connectivity index (χ0v) is 13.0. The number of nitrogens with zero attached hydrogens (tertiary/aromatic N) is 3. The van der Waals surface area contributed by atoms with Crippen molar-refractivity contribution in [2.45, 2.75) is 6.92 Å². The number of piperazine rings is 1. The van der Waals surface area contributed by atoms with E-state index in [0.717, 1.165) is 53.4 Å². The molecule has 0 bridgehead atoms. The van der Waals surface area contributed by atoms with Crippen LogP contribution >= 0.6 is 15.9 Å². The summed E-state index contributed by atoms with van der Waals surface area (Å²) in [5.41, 5.74) is 3.25. The van der Waals surface area contributed by atoms with Crippen molar-refractivity contribution in [2.75, 3.05) is 31.1 Å². The molecule has 0 aliphatic carbocycles. The van der Waals surface area contributed by atoms with E-state index in [1.807, 2.05) is 18.3 Å². The Balaban J connectivity index is 1.95. The van der Waals surface area contributed by atoms with Crippen LogP contribution < -0.4 is 10.2 Å². The Morgan fingerprint density at radius 2 is 1.85 bits per heavy atom. The van der Waals surface area contributed by atoms with Gasteiger partial charge in [0, 0.05) is 42.4 Å². The number of anilines is 1. The molecule has 1 fully saturated rings. The summed E-state index contributed by atoms with van der Waals surface area (Å²) in [7, 11) is 0. The first-order valence-electron chi connectivity index (χ1n) is 6.79. The molecule has 20 heavy (non-hydrogen) atoms. The fourth-order valence-corrected chi connectivity index (χ4v) is 2.61. The molecule has 4 nitrogen and oxygen atoms in total. The molecule has 0 radical (unpaired) electrons. The standard InChI is InChI=1S/C15H17BrN4/c1-11-10-18-15(20-8-6-17-7-9-20)19-14(11)12-2-4-13(16)5-3-12/h2-5,10,17H,6-9H2,1H3. The summed E-state index contributed by atoms with van der Waals surface area (Å²) in [4.78, 5) is 11.5. The average Bonchev–Trinajstić information content (AvgIpc) is 2.50. The van der Waals surface area contributed by atoms with Crippen LogP contribution in [0.4, 0.5) is 5.95 Å². The highest BCUT2D eigenvalue weighted by Gasteiger charge is 2.15. The van der Waals surface area contributed by atoms with Crippen molar-refractivity contribution >= 4 is 21.9 Å². The Morgan fingerprint density at radius 1 is 1.15 bits per heavy atom. The van der Waals surface area contributed by atoms with Crippen molar-refractivity contribution in [1.82, 2.24) is 15.3 Å². The van der Waals surface area contributed by atoms with Crippen molar-refractivity contribution in [3.8, 4) is 11.3 Å². The van der Waals surface area contributed by atoms with E-state index >= 15 is 0 Å². The predicted molar refractivity (Wildman–Crippen MR) is 85.0 cm³/mol. The number of halogens is 1. The van der Waals surface area contributed by atoms with Crippen LogP contribution in [0.3, 0.4) is 0 Å². The van der Waals surface area contributed by atoms with E-state index in [2.05, 4.69) is 50.2 Å². The molecule has 1 saturated heterocycles. The van der Waals surface area contributed by atoms with Gasteiger partial charge in [-0.25, -0.2) is 9.97 Å². The summed E-state index contributed by atoms with van der Waals surface area (Å²) < 4.78 is 1.08. The lowest BCUT2D eigenvalue weighted by molar-refractivity contribution is 0.580. The third-order valence-electron chi connectivity index (χ3n) is 3.48. The van der Waals surface area contributed by atoms with Crippen LogP contribution in [0.5, 0.6) is 0 Å². The molecule has 5 heteroatoms. The third kappa shape index (κ3) is 2.83. The molecule has 104 valence electrons. The van der Waals surface area contributed by atoms with E-state index in [9.17, 15) is 0 Å². The number of hydrogen-bond donors (Lipinski definition) is 1.